The van der Waals surface area contributed by atoms with Crippen molar-refractivity contribution in [1.29, 1.82) is 0 Å². The zero-order valence-electron chi connectivity index (χ0n) is 13.2. The minimum Gasteiger partial charge on any atom is -0.310 e. The Bertz CT molecular complexity index is 441. The molecule has 1 atom stereocenters. The summed E-state index contributed by atoms with van der Waals surface area (Å²) in [6.45, 7) is 5.64. The molecule has 3 heteroatoms. The zero-order valence-corrected chi connectivity index (χ0v) is 15.5. The number of rotatable bonds is 6. The van der Waals surface area contributed by atoms with E-state index in [9.17, 15) is 0 Å². The molecule has 2 rings (SSSR count). The van der Waals surface area contributed by atoms with Crippen LogP contribution in [0.1, 0.15) is 64.0 Å². The molecule has 0 radical (unpaired) electrons. The quantitative estimate of drug-likeness (QED) is 0.612. The van der Waals surface area contributed by atoms with Crippen molar-refractivity contribution >= 4 is 27.5 Å². The van der Waals surface area contributed by atoms with Crippen LogP contribution in [0.3, 0.4) is 0 Å². The van der Waals surface area contributed by atoms with E-state index in [0.29, 0.717) is 6.04 Å². The van der Waals surface area contributed by atoms with Crippen LogP contribution in [-0.4, -0.2) is 6.54 Å². The van der Waals surface area contributed by atoms with Crippen LogP contribution in [0.4, 0.5) is 0 Å². The summed E-state index contributed by atoms with van der Waals surface area (Å²) in [5.41, 5.74) is 1.37. The Balaban J connectivity index is 2.12. The summed E-state index contributed by atoms with van der Waals surface area (Å²) in [6, 6.07) is 6.86. The van der Waals surface area contributed by atoms with Crippen molar-refractivity contribution in [2.45, 2.75) is 58.4 Å². The van der Waals surface area contributed by atoms with Gasteiger partial charge in [-0.05, 0) is 71.3 Å². The number of nitrogens with one attached hydrogen (secondary N) is 1. The lowest BCUT2D eigenvalue weighted by Crippen LogP contribution is -2.31. The molecule has 118 valence electrons. The summed E-state index contributed by atoms with van der Waals surface area (Å²) < 4.78 is 1.01. The molecule has 0 amide bonds. The molecule has 1 aromatic carbocycles. The van der Waals surface area contributed by atoms with E-state index in [1.54, 1.807) is 0 Å². The summed E-state index contributed by atoms with van der Waals surface area (Å²) in [6.07, 6.45) is 7.99. The number of hydrogen-bond acceptors (Lipinski definition) is 1. The van der Waals surface area contributed by atoms with Crippen molar-refractivity contribution in [3.63, 3.8) is 0 Å². The van der Waals surface area contributed by atoms with E-state index in [4.69, 9.17) is 11.6 Å². The van der Waals surface area contributed by atoms with Gasteiger partial charge in [-0.15, -0.1) is 0 Å². The van der Waals surface area contributed by atoms with Gasteiger partial charge in [0.1, 0.15) is 0 Å². The molecule has 0 aromatic heterocycles. The third kappa shape index (κ3) is 4.71. The highest BCUT2D eigenvalue weighted by molar-refractivity contribution is 9.10. The SMILES string of the molecule is CCCNC(c1ccc(Cl)c(Br)c1)C1CCC(CC)CC1. The van der Waals surface area contributed by atoms with Crippen molar-refractivity contribution in [2.24, 2.45) is 11.8 Å². The Kier molecular flexibility index (Phi) is 7.04. The zero-order chi connectivity index (χ0) is 15.2. The van der Waals surface area contributed by atoms with Crippen molar-refractivity contribution in [1.82, 2.24) is 5.32 Å². The smallest absolute Gasteiger partial charge is 0.0548 e. The first-order valence-corrected chi connectivity index (χ1v) is 9.51. The van der Waals surface area contributed by atoms with E-state index >= 15 is 0 Å². The van der Waals surface area contributed by atoms with Crippen LogP contribution in [-0.2, 0) is 0 Å². The van der Waals surface area contributed by atoms with Crippen molar-refractivity contribution in [3.05, 3.63) is 33.3 Å². The Morgan fingerprint density at radius 1 is 1.24 bits per heavy atom. The summed E-state index contributed by atoms with van der Waals surface area (Å²) in [5.74, 6) is 1.71. The van der Waals surface area contributed by atoms with E-state index in [2.05, 4.69) is 47.2 Å². The number of hydrogen-bond donors (Lipinski definition) is 1. The molecule has 1 N–H and O–H groups in total. The Labute approximate surface area is 143 Å². The van der Waals surface area contributed by atoms with Crippen LogP contribution in [0.2, 0.25) is 5.02 Å². The maximum Gasteiger partial charge on any atom is 0.0548 e. The number of halogens is 2. The normalized spacial score (nSPS) is 24.0. The van der Waals surface area contributed by atoms with Crippen molar-refractivity contribution in [3.8, 4) is 0 Å². The second-order valence-electron chi connectivity index (χ2n) is 6.29. The lowest BCUT2D eigenvalue weighted by molar-refractivity contribution is 0.219. The highest BCUT2D eigenvalue weighted by Crippen LogP contribution is 2.39. The third-order valence-corrected chi connectivity index (χ3v) is 6.07. The molecule has 0 heterocycles. The van der Waals surface area contributed by atoms with Crippen molar-refractivity contribution < 1.29 is 0 Å². The minimum absolute atomic E-state index is 0.469. The summed E-state index contributed by atoms with van der Waals surface area (Å²) in [4.78, 5) is 0. The van der Waals surface area contributed by atoms with Crippen LogP contribution in [0, 0.1) is 11.8 Å². The molecule has 1 aliphatic carbocycles. The predicted octanol–water partition coefficient (Wildman–Crippen LogP) is 6.36. The van der Waals surface area contributed by atoms with Gasteiger partial charge in [-0.2, -0.15) is 0 Å². The molecular formula is C18H27BrClN. The van der Waals surface area contributed by atoms with Crippen LogP contribution in [0.5, 0.6) is 0 Å². The van der Waals surface area contributed by atoms with E-state index in [0.717, 1.165) is 27.9 Å². The first kappa shape index (κ1) is 17.3. The Morgan fingerprint density at radius 2 is 1.95 bits per heavy atom. The second kappa shape index (κ2) is 8.55. The van der Waals surface area contributed by atoms with E-state index < -0.39 is 0 Å². The van der Waals surface area contributed by atoms with E-state index in [1.807, 2.05) is 6.07 Å². The summed E-state index contributed by atoms with van der Waals surface area (Å²) >= 11 is 9.71. The van der Waals surface area contributed by atoms with Gasteiger partial charge in [0.15, 0.2) is 0 Å². The molecule has 0 bridgehead atoms. The second-order valence-corrected chi connectivity index (χ2v) is 7.56. The fourth-order valence-electron chi connectivity index (χ4n) is 3.49. The Morgan fingerprint density at radius 3 is 2.52 bits per heavy atom. The molecule has 1 saturated carbocycles. The fourth-order valence-corrected chi connectivity index (χ4v) is 4.01. The first-order chi connectivity index (χ1) is 10.2. The summed E-state index contributed by atoms with van der Waals surface area (Å²) in [5, 5.41) is 4.57. The molecule has 1 aliphatic rings. The molecule has 0 aliphatic heterocycles. The molecule has 1 fully saturated rings. The fraction of sp³-hybridized carbons (Fsp3) is 0.667. The van der Waals surface area contributed by atoms with Crippen molar-refractivity contribution in [2.75, 3.05) is 6.54 Å². The molecule has 1 nitrogen and oxygen atoms in total. The van der Waals surface area contributed by atoms with E-state index in [1.165, 1.54) is 44.1 Å². The molecule has 21 heavy (non-hydrogen) atoms. The third-order valence-electron chi connectivity index (χ3n) is 4.86. The average Bonchev–Trinajstić information content (AvgIpc) is 2.51. The van der Waals surface area contributed by atoms with Crippen LogP contribution >= 0.6 is 27.5 Å². The maximum atomic E-state index is 6.15. The van der Waals surface area contributed by atoms with Crippen LogP contribution in [0.25, 0.3) is 0 Å². The first-order valence-electron chi connectivity index (χ1n) is 8.34. The molecular weight excluding hydrogens is 346 g/mol. The molecule has 0 saturated heterocycles. The Hall–Kier alpha value is -0.0500. The van der Waals surface area contributed by atoms with Gasteiger partial charge in [0.05, 0.1) is 5.02 Å². The lowest BCUT2D eigenvalue weighted by atomic mass is 9.76. The monoisotopic (exact) mass is 371 g/mol. The van der Waals surface area contributed by atoms with Gasteiger partial charge in [0.25, 0.3) is 0 Å². The van der Waals surface area contributed by atoms with Gasteiger partial charge in [-0.3, -0.25) is 0 Å². The highest BCUT2D eigenvalue weighted by atomic mass is 79.9. The molecule has 0 spiro atoms. The van der Waals surface area contributed by atoms with Crippen LogP contribution in [0.15, 0.2) is 22.7 Å². The average molecular weight is 373 g/mol. The van der Waals surface area contributed by atoms with Gasteiger partial charge in [0, 0.05) is 10.5 Å². The van der Waals surface area contributed by atoms with Gasteiger partial charge in [-0.1, -0.05) is 50.8 Å². The lowest BCUT2D eigenvalue weighted by Gasteiger charge is -2.34. The molecule has 1 unspecified atom stereocenters. The molecule has 1 aromatic rings. The largest absolute Gasteiger partial charge is 0.310 e. The highest BCUT2D eigenvalue weighted by Gasteiger charge is 2.27. The van der Waals surface area contributed by atoms with Gasteiger partial charge < -0.3 is 5.32 Å². The van der Waals surface area contributed by atoms with Crippen LogP contribution < -0.4 is 5.32 Å². The predicted molar refractivity (Wildman–Crippen MR) is 95.9 cm³/mol. The minimum atomic E-state index is 0.469. The topological polar surface area (TPSA) is 12.0 Å². The van der Waals surface area contributed by atoms with E-state index in [-0.39, 0.29) is 0 Å². The number of benzene rings is 1. The maximum absolute atomic E-state index is 6.15. The summed E-state index contributed by atoms with van der Waals surface area (Å²) in [7, 11) is 0. The standard InChI is InChI=1S/C18H27BrClN/c1-3-11-21-18(14-7-5-13(4-2)6-8-14)15-9-10-17(20)16(19)12-15/h9-10,12-14,18,21H,3-8,11H2,1-2H3. The van der Waals surface area contributed by atoms with Gasteiger partial charge >= 0.3 is 0 Å². The van der Waals surface area contributed by atoms with Gasteiger partial charge in [-0.25, -0.2) is 0 Å². The van der Waals surface area contributed by atoms with Gasteiger partial charge in [0.2, 0.25) is 0 Å².